The zero-order valence-electron chi connectivity index (χ0n) is 16.1. The summed E-state index contributed by atoms with van der Waals surface area (Å²) in [4.78, 5) is 18.0. The van der Waals surface area contributed by atoms with Crippen molar-refractivity contribution in [2.45, 2.75) is 70.6 Å². The van der Waals surface area contributed by atoms with E-state index in [1.165, 1.54) is 25.7 Å². The van der Waals surface area contributed by atoms with E-state index < -0.39 is 0 Å². The minimum atomic E-state index is -0.122. The normalized spacial score (nSPS) is 29.9. The number of amides is 1. The molecule has 2 fully saturated rings. The quantitative estimate of drug-likeness (QED) is 0.592. The van der Waals surface area contributed by atoms with Crippen LogP contribution in [0.4, 0.5) is 0 Å². The van der Waals surface area contributed by atoms with Gasteiger partial charge in [-0.25, -0.2) is 4.99 Å². The lowest BCUT2D eigenvalue weighted by atomic mass is 9.56. The van der Waals surface area contributed by atoms with Gasteiger partial charge in [0.2, 0.25) is 5.91 Å². The summed E-state index contributed by atoms with van der Waals surface area (Å²) >= 11 is 0. The van der Waals surface area contributed by atoms with Crippen molar-refractivity contribution in [3.63, 3.8) is 0 Å². The van der Waals surface area contributed by atoms with Gasteiger partial charge in [-0.15, -0.1) is 0 Å². The molecule has 2 rings (SSSR count). The topological polar surface area (TPSA) is 66.0 Å². The maximum absolute atomic E-state index is 11.9. The van der Waals surface area contributed by atoms with Crippen LogP contribution in [0.15, 0.2) is 4.99 Å². The average molecular weight is 338 g/mol. The highest BCUT2D eigenvalue weighted by atomic mass is 16.5. The largest absolute Gasteiger partial charge is 0.378 e. The minimum absolute atomic E-state index is 0.00539. The Balaban J connectivity index is 2.03. The van der Waals surface area contributed by atoms with Crippen LogP contribution in [0.25, 0.3) is 0 Å². The van der Waals surface area contributed by atoms with Crippen LogP contribution >= 0.6 is 0 Å². The van der Waals surface area contributed by atoms with Gasteiger partial charge >= 0.3 is 0 Å². The molecule has 0 aliphatic heterocycles. The molecule has 0 spiro atoms. The Morgan fingerprint density at radius 1 is 1.21 bits per heavy atom. The first kappa shape index (κ1) is 19.0. The standard InChI is InChI=1S/C18H34N4O2/c1-17(2)14(11-18(17,3)24-6)21-16(19-12-15(23)22(4)5)20-13-9-7-8-10-13/h13-14H,7-12H2,1-6H3,(H2,19,20,21). The molecular weight excluding hydrogens is 304 g/mol. The van der Waals surface area contributed by atoms with E-state index in [4.69, 9.17) is 4.74 Å². The van der Waals surface area contributed by atoms with Gasteiger partial charge in [-0.1, -0.05) is 26.7 Å². The van der Waals surface area contributed by atoms with E-state index in [2.05, 4.69) is 36.4 Å². The molecule has 0 saturated heterocycles. The average Bonchev–Trinajstić information content (AvgIpc) is 3.04. The first-order valence-corrected chi connectivity index (χ1v) is 9.02. The van der Waals surface area contributed by atoms with E-state index in [0.717, 1.165) is 12.4 Å². The molecule has 2 unspecified atom stereocenters. The van der Waals surface area contributed by atoms with Gasteiger partial charge in [0.05, 0.1) is 5.60 Å². The number of methoxy groups -OCH3 is 1. The van der Waals surface area contributed by atoms with E-state index >= 15 is 0 Å². The van der Waals surface area contributed by atoms with Crippen molar-refractivity contribution in [3.05, 3.63) is 0 Å². The Kier molecular flexibility index (Phi) is 5.78. The summed E-state index contributed by atoms with van der Waals surface area (Å²) in [5.41, 5.74) is -0.117. The monoisotopic (exact) mass is 338 g/mol. The van der Waals surface area contributed by atoms with Gasteiger partial charge in [-0.3, -0.25) is 4.79 Å². The Morgan fingerprint density at radius 3 is 2.33 bits per heavy atom. The predicted molar refractivity (Wildman–Crippen MR) is 97.1 cm³/mol. The molecule has 2 atom stereocenters. The molecule has 138 valence electrons. The van der Waals surface area contributed by atoms with Crippen LogP contribution in [-0.4, -0.2) is 62.2 Å². The van der Waals surface area contributed by atoms with Crippen LogP contribution in [0.3, 0.4) is 0 Å². The fraction of sp³-hybridized carbons (Fsp3) is 0.889. The number of guanidine groups is 1. The second-order valence-corrected chi connectivity index (χ2v) is 8.14. The van der Waals surface area contributed by atoms with E-state index in [1.807, 2.05) is 0 Å². The lowest BCUT2D eigenvalue weighted by molar-refractivity contribution is -0.176. The Bertz CT molecular complexity index is 483. The lowest BCUT2D eigenvalue weighted by Crippen LogP contribution is -2.69. The van der Waals surface area contributed by atoms with E-state index in [1.54, 1.807) is 26.1 Å². The number of carbonyl (C=O) groups excluding carboxylic acids is 1. The van der Waals surface area contributed by atoms with Gasteiger partial charge in [0.25, 0.3) is 0 Å². The highest BCUT2D eigenvalue weighted by Crippen LogP contribution is 2.51. The molecule has 2 saturated carbocycles. The fourth-order valence-electron chi connectivity index (χ4n) is 3.57. The van der Waals surface area contributed by atoms with Crippen LogP contribution in [0.5, 0.6) is 0 Å². The summed E-state index contributed by atoms with van der Waals surface area (Å²) in [5.74, 6) is 0.769. The summed E-state index contributed by atoms with van der Waals surface area (Å²) in [5, 5.41) is 7.06. The van der Waals surface area contributed by atoms with Crippen molar-refractivity contribution in [1.29, 1.82) is 0 Å². The van der Waals surface area contributed by atoms with Crippen LogP contribution in [0, 0.1) is 5.41 Å². The Morgan fingerprint density at radius 2 is 1.83 bits per heavy atom. The van der Waals surface area contributed by atoms with Gasteiger partial charge in [0, 0.05) is 38.7 Å². The van der Waals surface area contributed by atoms with Crippen LogP contribution in [-0.2, 0) is 9.53 Å². The van der Waals surface area contributed by atoms with Gasteiger partial charge in [-0.05, 0) is 26.2 Å². The number of hydrogen-bond donors (Lipinski definition) is 2. The molecule has 0 radical (unpaired) electrons. The molecule has 0 aromatic rings. The molecule has 0 heterocycles. The van der Waals surface area contributed by atoms with Gasteiger partial charge < -0.3 is 20.3 Å². The third-order valence-corrected chi connectivity index (χ3v) is 6.16. The smallest absolute Gasteiger partial charge is 0.243 e. The lowest BCUT2D eigenvalue weighted by Gasteiger charge is -2.59. The second-order valence-electron chi connectivity index (χ2n) is 8.14. The van der Waals surface area contributed by atoms with Crippen LogP contribution < -0.4 is 10.6 Å². The van der Waals surface area contributed by atoms with E-state index in [0.29, 0.717) is 6.04 Å². The number of aliphatic imine (C=N–C) groups is 1. The SMILES string of the molecule is COC1(C)CC(NC(=NCC(=O)N(C)C)NC2CCCC2)C1(C)C. The van der Waals surface area contributed by atoms with Crippen molar-refractivity contribution in [1.82, 2.24) is 15.5 Å². The van der Waals surface area contributed by atoms with Gasteiger partial charge in [-0.2, -0.15) is 0 Å². The molecule has 2 aliphatic rings. The fourth-order valence-corrected chi connectivity index (χ4v) is 3.57. The maximum atomic E-state index is 11.9. The summed E-state index contributed by atoms with van der Waals surface area (Å²) in [7, 11) is 5.29. The summed E-state index contributed by atoms with van der Waals surface area (Å²) < 4.78 is 5.70. The van der Waals surface area contributed by atoms with Crippen molar-refractivity contribution >= 4 is 11.9 Å². The van der Waals surface area contributed by atoms with Gasteiger partial charge in [0.15, 0.2) is 5.96 Å². The van der Waals surface area contributed by atoms with Crippen LogP contribution in [0.2, 0.25) is 0 Å². The first-order valence-electron chi connectivity index (χ1n) is 9.02. The number of nitrogens with one attached hydrogen (secondary N) is 2. The molecule has 6 heteroatoms. The molecule has 2 aliphatic carbocycles. The number of likely N-dealkylation sites (N-methyl/N-ethyl adjacent to an activating group) is 1. The molecule has 6 nitrogen and oxygen atoms in total. The number of hydrogen-bond acceptors (Lipinski definition) is 3. The van der Waals surface area contributed by atoms with Crippen molar-refractivity contribution in [3.8, 4) is 0 Å². The zero-order valence-corrected chi connectivity index (χ0v) is 16.1. The Hall–Kier alpha value is -1.30. The number of nitrogens with zero attached hydrogens (tertiary/aromatic N) is 2. The summed E-state index contributed by atoms with van der Waals surface area (Å²) in [6.07, 6.45) is 5.80. The number of carbonyl (C=O) groups is 1. The molecule has 0 aromatic heterocycles. The molecule has 1 amide bonds. The third-order valence-electron chi connectivity index (χ3n) is 6.16. The highest BCUT2D eigenvalue weighted by Gasteiger charge is 2.58. The maximum Gasteiger partial charge on any atom is 0.243 e. The van der Waals surface area contributed by atoms with Crippen molar-refractivity contribution in [2.24, 2.45) is 10.4 Å². The number of rotatable bonds is 5. The minimum Gasteiger partial charge on any atom is -0.378 e. The molecule has 24 heavy (non-hydrogen) atoms. The molecule has 2 N–H and O–H groups in total. The first-order chi connectivity index (χ1) is 11.2. The zero-order chi connectivity index (χ0) is 18.0. The second kappa shape index (κ2) is 7.30. The Labute approximate surface area is 146 Å². The van der Waals surface area contributed by atoms with E-state index in [9.17, 15) is 4.79 Å². The van der Waals surface area contributed by atoms with Crippen molar-refractivity contribution in [2.75, 3.05) is 27.7 Å². The number of ether oxygens (including phenoxy) is 1. The summed E-state index contributed by atoms with van der Waals surface area (Å²) in [6.45, 7) is 6.76. The molecule has 0 bridgehead atoms. The van der Waals surface area contributed by atoms with E-state index in [-0.39, 0.29) is 29.5 Å². The highest BCUT2D eigenvalue weighted by molar-refractivity contribution is 5.85. The predicted octanol–water partition coefficient (Wildman–Crippen LogP) is 1.76. The molecular formula is C18H34N4O2. The molecule has 0 aromatic carbocycles. The van der Waals surface area contributed by atoms with Crippen molar-refractivity contribution < 1.29 is 9.53 Å². The summed E-state index contributed by atoms with van der Waals surface area (Å²) in [6, 6.07) is 0.743. The van der Waals surface area contributed by atoms with Crippen LogP contribution in [0.1, 0.15) is 52.9 Å². The van der Waals surface area contributed by atoms with Gasteiger partial charge in [0.1, 0.15) is 6.54 Å². The third kappa shape index (κ3) is 3.85.